The maximum atomic E-state index is 11.1. The number of amides is 1. The van der Waals surface area contributed by atoms with Gasteiger partial charge in [0, 0.05) is 0 Å². The molecule has 0 fully saturated rings. The van der Waals surface area contributed by atoms with Crippen LogP contribution < -0.4 is 5.32 Å². The molecule has 0 aliphatic heterocycles. The molecule has 6 nitrogen and oxygen atoms in total. The SMILES string of the molecule is O=C(O)CNC(=O)c1ccc(Cl)nn1. The van der Waals surface area contributed by atoms with Gasteiger partial charge < -0.3 is 10.4 Å². The Labute approximate surface area is 83.9 Å². The van der Waals surface area contributed by atoms with Gasteiger partial charge in [0.05, 0.1) is 0 Å². The van der Waals surface area contributed by atoms with Gasteiger partial charge in [0.2, 0.25) is 0 Å². The molecule has 0 unspecified atom stereocenters. The minimum absolute atomic E-state index is 0.0238. The molecule has 0 aromatic carbocycles. The number of rotatable bonds is 3. The smallest absolute Gasteiger partial charge is 0.322 e. The Balaban J connectivity index is 2.61. The van der Waals surface area contributed by atoms with Gasteiger partial charge in [-0.25, -0.2) is 0 Å². The van der Waals surface area contributed by atoms with Gasteiger partial charge in [-0.2, -0.15) is 0 Å². The molecule has 1 aromatic rings. The van der Waals surface area contributed by atoms with Crippen LogP contribution in [-0.4, -0.2) is 33.7 Å². The Bertz CT molecular complexity index is 352. The summed E-state index contributed by atoms with van der Waals surface area (Å²) in [6.45, 7) is -0.455. The van der Waals surface area contributed by atoms with Crippen LogP contribution in [0.15, 0.2) is 12.1 Å². The Kier molecular flexibility index (Phi) is 3.35. The number of aromatic nitrogens is 2. The number of carboxylic acids is 1. The molecule has 2 N–H and O–H groups in total. The highest BCUT2D eigenvalue weighted by atomic mass is 35.5. The van der Waals surface area contributed by atoms with Crippen LogP contribution in [0.2, 0.25) is 5.15 Å². The number of nitrogens with one attached hydrogen (secondary N) is 1. The third-order valence-electron chi connectivity index (χ3n) is 1.26. The second-order valence-electron chi connectivity index (χ2n) is 2.32. The number of nitrogens with zero attached hydrogens (tertiary/aromatic N) is 2. The summed E-state index contributed by atoms with van der Waals surface area (Å²) >= 11 is 5.44. The largest absolute Gasteiger partial charge is 0.480 e. The minimum atomic E-state index is -1.12. The maximum absolute atomic E-state index is 11.1. The van der Waals surface area contributed by atoms with Gasteiger partial charge in [0.1, 0.15) is 6.54 Å². The first-order chi connectivity index (χ1) is 6.59. The van der Waals surface area contributed by atoms with E-state index in [9.17, 15) is 9.59 Å². The normalized spacial score (nSPS) is 9.50. The average molecular weight is 216 g/mol. The van der Waals surface area contributed by atoms with Crippen LogP contribution in [0.5, 0.6) is 0 Å². The summed E-state index contributed by atoms with van der Waals surface area (Å²) in [7, 11) is 0. The van der Waals surface area contributed by atoms with E-state index >= 15 is 0 Å². The quantitative estimate of drug-likeness (QED) is 0.737. The molecule has 0 radical (unpaired) electrons. The van der Waals surface area contributed by atoms with Crippen molar-refractivity contribution in [1.29, 1.82) is 0 Å². The number of carbonyl (C=O) groups excluding carboxylic acids is 1. The molecular formula is C7H6ClN3O3. The molecule has 74 valence electrons. The van der Waals surface area contributed by atoms with Gasteiger partial charge in [-0.15, -0.1) is 10.2 Å². The summed E-state index contributed by atoms with van der Waals surface area (Å²) in [5.74, 6) is -1.73. The van der Waals surface area contributed by atoms with Crippen molar-refractivity contribution in [3.8, 4) is 0 Å². The monoisotopic (exact) mass is 215 g/mol. The predicted molar refractivity (Wildman–Crippen MR) is 47.0 cm³/mol. The number of hydrogen-bond donors (Lipinski definition) is 2. The van der Waals surface area contributed by atoms with E-state index < -0.39 is 18.4 Å². The molecule has 0 saturated carbocycles. The fourth-order valence-electron chi connectivity index (χ4n) is 0.684. The molecule has 7 heteroatoms. The highest BCUT2D eigenvalue weighted by Crippen LogP contribution is 2.01. The molecule has 1 rings (SSSR count). The molecule has 14 heavy (non-hydrogen) atoms. The Hall–Kier alpha value is -1.69. The van der Waals surface area contributed by atoms with Gasteiger partial charge in [0.15, 0.2) is 10.8 Å². The third kappa shape index (κ3) is 2.98. The molecule has 1 heterocycles. The number of carbonyl (C=O) groups is 2. The number of aliphatic carboxylic acids is 1. The first-order valence-electron chi connectivity index (χ1n) is 3.59. The van der Waals surface area contributed by atoms with Crippen molar-refractivity contribution in [2.75, 3.05) is 6.54 Å². The fraction of sp³-hybridized carbons (Fsp3) is 0.143. The van der Waals surface area contributed by atoms with Gasteiger partial charge in [-0.3, -0.25) is 9.59 Å². The van der Waals surface area contributed by atoms with Crippen molar-refractivity contribution in [2.45, 2.75) is 0 Å². The lowest BCUT2D eigenvalue weighted by molar-refractivity contribution is -0.135. The molecule has 1 aromatic heterocycles. The van der Waals surface area contributed by atoms with Crippen LogP contribution in [0, 0.1) is 0 Å². The molecular weight excluding hydrogens is 210 g/mol. The van der Waals surface area contributed by atoms with Crippen LogP contribution in [0.3, 0.4) is 0 Å². The summed E-state index contributed by atoms with van der Waals surface area (Å²) in [6.07, 6.45) is 0. The summed E-state index contributed by atoms with van der Waals surface area (Å²) in [6, 6.07) is 2.75. The van der Waals surface area contributed by atoms with Crippen molar-refractivity contribution >= 4 is 23.5 Å². The Morgan fingerprint density at radius 3 is 2.64 bits per heavy atom. The molecule has 0 spiro atoms. The predicted octanol–water partition coefficient (Wildman–Crippen LogP) is -0.0556. The van der Waals surface area contributed by atoms with Crippen molar-refractivity contribution in [1.82, 2.24) is 15.5 Å². The van der Waals surface area contributed by atoms with E-state index in [1.54, 1.807) is 0 Å². The van der Waals surface area contributed by atoms with E-state index in [-0.39, 0.29) is 10.8 Å². The second kappa shape index (κ2) is 4.52. The van der Waals surface area contributed by atoms with E-state index in [4.69, 9.17) is 16.7 Å². The lowest BCUT2D eigenvalue weighted by Gasteiger charge is -1.99. The molecule has 0 saturated heterocycles. The van der Waals surface area contributed by atoms with Crippen LogP contribution in [0.1, 0.15) is 10.5 Å². The first-order valence-corrected chi connectivity index (χ1v) is 3.96. The van der Waals surface area contributed by atoms with Gasteiger partial charge in [-0.1, -0.05) is 11.6 Å². The van der Waals surface area contributed by atoms with Gasteiger partial charge in [-0.05, 0) is 12.1 Å². The lowest BCUT2D eigenvalue weighted by Crippen LogP contribution is -2.29. The fourth-order valence-corrected chi connectivity index (χ4v) is 0.784. The highest BCUT2D eigenvalue weighted by molar-refractivity contribution is 6.29. The zero-order chi connectivity index (χ0) is 10.6. The zero-order valence-electron chi connectivity index (χ0n) is 6.90. The average Bonchev–Trinajstić information content (AvgIpc) is 2.15. The van der Waals surface area contributed by atoms with Crippen LogP contribution in [0.4, 0.5) is 0 Å². The third-order valence-corrected chi connectivity index (χ3v) is 1.47. The number of halogens is 1. The Morgan fingerprint density at radius 2 is 2.14 bits per heavy atom. The van der Waals surface area contributed by atoms with Crippen LogP contribution >= 0.6 is 11.6 Å². The highest BCUT2D eigenvalue weighted by Gasteiger charge is 2.08. The topological polar surface area (TPSA) is 92.2 Å². The first kappa shape index (κ1) is 10.4. The van der Waals surface area contributed by atoms with Crippen molar-refractivity contribution in [3.63, 3.8) is 0 Å². The van der Waals surface area contributed by atoms with E-state index in [1.807, 2.05) is 0 Å². The molecule has 0 atom stereocenters. The van der Waals surface area contributed by atoms with Crippen LogP contribution in [-0.2, 0) is 4.79 Å². The van der Waals surface area contributed by atoms with E-state index in [1.165, 1.54) is 12.1 Å². The summed E-state index contributed by atoms with van der Waals surface area (Å²) in [5, 5.41) is 17.5. The molecule has 0 aliphatic rings. The molecule has 0 bridgehead atoms. The van der Waals surface area contributed by atoms with Crippen LogP contribution in [0.25, 0.3) is 0 Å². The number of hydrogen-bond acceptors (Lipinski definition) is 4. The Morgan fingerprint density at radius 1 is 1.43 bits per heavy atom. The summed E-state index contributed by atoms with van der Waals surface area (Å²) in [5.41, 5.74) is 0.0238. The van der Waals surface area contributed by atoms with Crippen molar-refractivity contribution < 1.29 is 14.7 Å². The minimum Gasteiger partial charge on any atom is -0.480 e. The van der Waals surface area contributed by atoms with E-state index in [2.05, 4.69) is 15.5 Å². The lowest BCUT2D eigenvalue weighted by atomic mass is 10.3. The maximum Gasteiger partial charge on any atom is 0.322 e. The molecule has 1 amide bonds. The zero-order valence-corrected chi connectivity index (χ0v) is 7.65. The van der Waals surface area contributed by atoms with Crippen molar-refractivity contribution in [3.05, 3.63) is 23.0 Å². The second-order valence-corrected chi connectivity index (χ2v) is 2.70. The van der Waals surface area contributed by atoms with Gasteiger partial charge in [0.25, 0.3) is 5.91 Å². The standard InChI is InChI=1S/C7H6ClN3O3/c8-5-2-1-4(10-11-5)7(14)9-3-6(12)13/h1-2H,3H2,(H,9,14)(H,12,13). The summed E-state index contributed by atoms with van der Waals surface area (Å²) in [4.78, 5) is 21.3. The number of carboxylic acid groups (broad SMARTS) is 1. The van der Waals surface area contributed by atoms with E-state index in [0.29, 0.717) is 0 Å². The summed E-state index contributed by atoms with van der Waals surface area (Å²) < 4.78 is 0. The van der Waals surface area contributed by atoms with E-state index in [0.717, 1.165) is 0 Å². The molecule has 0 aliphatic carbocycles. The van der Waals surface area contributed by atoms with Crippen molar-refractivity contribution in [2.24, 2.45) is 0 Å². The van der Waals surface area contributed by atoms with Gasteiger partial charge >= 0.3 is 5.97 Å².